The molecule has 0 atom stereocenters. The number of halogens is 2. The van der Waals surface area contributed by atoms with E-state index in [9.17, 15) is 9.59 Å². The van der Waals surface area contributed by atoms with Crippen LogP contribution in [0.1, 0.15) is 29.4 Å². The second-order valence-electron chi connectivity index (χ2n) is 7.74. The van der Waals surface area contributed by atoms with Crippen LogP contribution in [0.15, 0.2) is 54.1 Å². The molecule has 0 bridgehead atoms. The molecule has 0 unspecified atom stereocenters. The van der Waals surface area contributed by atoms with E-state index in [4.69, 9.17) is 35.4 Å². The first-order valence-corrected chi connectivity index (χ1v) is 11.5. The first kappa shape index (κ1) is 23.2. The normalized spacial score (nSPS) is 15.4. The van der Waals surface area contributed by atoms with E-state index in [1.54, 1.807) is 18.2 Å². The summed E-state index contributed by atoms with van der Waals surface area (Å²) < 4.78 is 1.96. The molecule has 8 heteroatoms. The average molecular weight is 498 g/mol. The molecule has 0 spiro atoms. The van der Waals surface area contributed by atoms with Gasteiger partial charge in [0.25, 0.3) is 11.8 Å². The molecule has 1 aliphatic rings. The first-order chi connectivity index (χ1) is 15.7. The van der Waals surface area contributed by atoms with Crippen molar-refractivity contribution in [1.29, 1.82) is 0 Å². The highest BCUT2D eigenvalue weighted by Crippen LogP contribution is 2.30. The van der Waals surface area contributed by atoms with Crippen LogP contribution in [0.4, 0.5) is 5.69 Å². The average Bonchev–Trinajstić information content (AvgIpc) is 3.04. The van der Waals surface area contributed by atoms with Crippen molar-refractivity contribution in [3.05, 3.63) is 86.7 Å². The Labute approximate surface area is 207 Å². The van der Waals surface area contributed by atoms with Gasteiger partial charge in [0.05, 0.1) is 16.4 Å². The number of aromatic nitrogens is 1. The molecule has 1 aliphatic heterocycles. The van der Waals surface area contributed by atoms with E-state index in [1.165, 1.54) is 4.90 Å². The number of anilines is 1. The van der Waals surface area contributed by atoms with Crippen molar-refractivity contribution in [3.63, 3.8) is 0 Å². The van der Waals surface area contributed by atoms with Gasteiger partial charge in [-0.2, -0.15) is 0 Å². The number of benzene rings is 2. The van der Waals surface area contributed by atoms with E-state index in [2.05, 4.69) is 12.2 Å². The van der Waals surface area contributed by atoms with E-state index in [0.29, 0.717) is 15.7 Å². The van der Waals surface area contributed by atoms with E-state index >= 15 is 0 Å². The highest BCUT2D eigenvalue weighted by molar-refractivity contribution is 7.80. The number of aryl methyl sites for hydroxylation is 2. The maximum absolute atomic E-state index is 13.3. The van der Waals surface area contributed by atoms with Crippen LogP contribution < -0.4 is 10.2 Å². The van der Waals surface area contributed by atoms with E-state index < -0.39 is 11.8 Å². The largest absolute Gasteiger partial charge is 0.316 e. The second kappa shape index (κ2) is 9.14. The topological polar surface area (TPSA) is 54.3 Å². The molecule has 3 aromatic rings. The summed E-state index contributed by atoms with van der Waals surface area (Å²) in [6.07, 6.45) is 2.48. The molecule has 1 fully saturated rings. The summed E-state index contributed by atoms with van der Waals surface area (Å²) in [5.74, 6) is -0.997. The monoisotopic (exact) mass is 497 g/mol. The van der Waals surface area contributed by atoms with Crippen LogP contribution in [0.25, 0.3) is 11.8 Å². The van der Waals surface area contributed by atoms with Crippen molar-refractivity contribution in [1.82, 2.24) is 9.88 Å². The van der Waals surface area contributed by atoms with Gasteiger partial charge in [0.1, 0.15) is 5.57 Å². The number of amides is 2. The van der Waals surface area contributed by atoms with E-state index in [1.807, 2.05) is 54.8 Å². The Morgan fingerprint density at radius 2 is 1.73 bits per heavy atom. The van der Waals surface area contributed by atoms with E-state index in [0.717, 1.165) is 34.6 Å². The maximum Gasteiger partial charge on any atom is 0.270 e. The number of carbonyl (C=O) groups is 2. The third kappa shape index (κ3) is 4.34. The van der Waals surface area contributed by atoms with Crippen LogP contribution in [0.5, 0.6) is 0 Å². The van der Waals surface area contributed by atoms with Gasteiger partial charge in [-0.05, 0) is 86.1 Å². The molecule has 2 heterocycles. The summed E-state index contributed by atoms with van der Waals surface area (Å²) in [4.78, 5) is 27.4. The highest BCUT2D eigenvalue weighted by atomic mass is 35.5. The molecule has 1 aromatic heterocycles. The minimum absolute atomic E-state index is 0.00520. The van der Waals surface area contributed by atoms with Crippen molar-refractivity contribution < 1.29 is 9.59 Å². The smallest absolute Gasteiger partial charge is 0.270 e. The van der Waals surface area contributed by atoms with Gasteiger partial charge in [0.15, 0.2) is 5.11 Å². The zero-order valence-electron chi connectivity index (χ0n) is 18.3. The quantitative estimate of drug-likeness (QED) is 0.281. The van der Waals surface area contributed by atoms with Crippen LogP contribution in [0, 0.1) is 13.8 Å². The Bertz CT molecular complexity index is 1330. The number of nitrogens with zero attached hydrogens (tertiary/aromatic N) is 2. The van der Waals surface area contributed by atoms with Gasteiger partial charge in [0.2, 0.25) is 0 Å². The van der Waals surface area contributed by atoms with Crippen LogP contribution in [-0.2, 0) is 16.0 Å². The fourth-order valence-corrected chi connectivity index (χ4v) is 4.67. The Kier molecular flexibility index (Phi) is 6.43. The zero-order valence-corrected chi connectivity index (χ0v) is 20.6. The molecule has 2 amide bonds. The molecule has 2 aromatic carbocycles. The number of hydrogen-bond donors (Lipinski definition) is 1. The summed E-state index contributed by atoms with van der Waals surface area (Å²) in [5, 5.41) is 3.74. The van der Waals surface area contributed by atoms with Gasteiger partial charge >= 0.3 is 0 Å². The van der Waals surface area contributed by atoms with Crippen LogP contribution in [0.2, 0.25) is 10.0 Å². The number of thiocarbonyl (C=S) groups is 1. The van der Waals surface area contributed by atoms with Gasteiger partial charge in [0, 0.05) is 16.4 Å². The van der Waals surface area contributed by atoms with Crippen molar-refractivity contribution in [2.24, 2.45) is 0 Å². The molecule has 168 valence electrons. The molecule has 0 saturated carbocycles. The van der Waals surface area contributed by atoms with Crippen molar-refractivity contribution in [2.75, 3.05) is 4.90 Å². The SMILES string of the molecule is CCc1ccc(N2C(=O)C(=Cc3cc(C)n(-c4ccc(Cl)cc4Cl)c3C)C(=O)NC2=S)cc1. The summed E-state index contributed by atoms with van der Waals surface area (Å²) >= 11 is 17.8. The number of nitrogens with one attached hydrogen (secondary N) is 1. The summed E-state index contributed by atoms with van der Waals surface area (Å²) in [7, 11) is 0. The fourth-order valence-electron chi connectivity index (χ4n) is 3.90. The lowest BCUT2D eigenvalue weighted by molar-refractivity contribution is -0.122. The molecule has 1 N–H and O–H groups in total. The number of hydrogen-bond acceptors (Lipinski definition) is 3. The lowest BCUT2D eigenvalue weighted by atomic mass is 10.1. The van der Waals surface area contributed by atoms with Gasteiger partial charge in [-0.1, -0.05) is 42.3 Å². The molecule has 33 heavy (non-hydrogen) atoms. The predicted molar refractivity (Wildman–Crippen MR) is 137 cm³/mol. The van der Waals surface area contributed by atoms with Crippen molar-refractivity contribution >= 4 is 64.1 Å². The molecule has 0 aliphatic carbocycles. The predicted octanol–water partition coefficient (Wildman–Crippen LogP) is 5.79. The second-order valence-corrected chi connectivity index (χ2v) is 8.97. The molecule has 4 rings (SSSR count). The molecular formula is C25H21Cl2N3O2S. The minimum Gasteiger partial charge on any atom is -0.316 e. The Morgan fingerprint density at radius 3 is 2.36 bits per heavy atom. The molecule has 1 saturated heterocycles. The van der Waals surface area contributed by atoms with Crippen LogP contribution in [-0.4, -0.2) is 21.5 Å². The summed E-state index contributed by atoms with van der Waals surface area (Å²) in [6, 6.07) is 14.7. The number of carbonyl (C=O) groups excluding carboxylic acids is 2. The lowest BCUT2D eigenvalue weighted by Gasteiger charge is -2.29. The Morgan fingerprint density at radius 1 is 1.03 bits per heavy atom. The van der Waals surface area contributed by atoms with Gasteiger partial charge < -0.3 is 4.57 Å². The number of rotatable bonds is 4. The van der Waals surface area contributed by atoms with Gasteiger partial charge in [-0.15, -0.1) is 0 Å². The summed E-state index contributed by atoms with van der Waals surface area (Å²) in [6.45, 7) is 5.89. The van der Waals surface area contributed by atoms with E-state index in [-0.39, 0.29) is 10.7 Å². The Balaban J connectivity index is 1.75. The van der Waals surface area contributed by atoms with Crippen LogP contribution >= 0.6 is 35.4 Å². The minimum atomic E-state index is -0.527. The van der Waals surface area contributed by atoms with Gasteiger partial charge in [-0.3, -0.25) is 19.8 Å². The lowest BCUT2D eigenvalue weighted by Crippen LogP contribution is -2.54. The fraction of sp³-hybridized carbons (Fsp3) is 0.160. The third-order valence-corrected chi connectivity index (χ3v) is 6.45. The molecule has 0 radical (unpaired) electrons. The van der Waals surface area contributed by atoms with Crippen molar-refractivity contribution in [2.45, 2.75) is 27.2 Å². The van der Waals surface area contributed by atoms with Crippen molar-refractivity contribution in [3.8, 4) is 5.69 Å². The maximum atomic E-state index is 13.3. The molecule has 5 nitrogen and oxygen atoms in total. The standard InChI is InChI=1S/C25H21Cl2N3O2S/c1-4-16-5-8-19(9-6-16)30-24(32)20(23(31)28-25(30)33)12-17-11-14(2)29(15(17)3)22-10-7-18(26)13-21(22)27/h5-13H,4H2,1-3H3,(H,28,31,33). The third-order valence-electron chi connectivity index (χ3n) is 5.63. The highest BCUT2D eigenvalue weighted by Gasteiger charge is 2.34. The van der Waals surface area contributed by atoms with Crippen LogP contribution in [0.3, 0.4) is 0 Å². The zero-order chi connectivity index (χ0) is 23.9. The summed E-state index contributed by atoms with van der Waals surface area (Å²) in [5.41, 5.74) is 4.97. The van der Waals surface area contributed by atoms with Gasteiger partial charge in [-0.25, -0.2) is 0 Å². The first-order valence-electron chi connectivity index (χ1n) is 10.4. The Hall–Kier alpha value is -2.93. The molecular weight excluding hydrogens is 477 g/mol.